The molecule has 0 aromatic rings. The molecule has 0 aliphatic heterocycles. The molecule has 0 bridgehead atoms. The van der Waals surface area contributed by atoms with Crippen LogP contribution in [0.4, 0.5) is 0 Å². The van der Waals surface area contributed by atoms with Gasteiger partial charge in [0.25, 0.3) is 0 Å². The summed E-state index contributed by atoms with van der Waals surface area (Å²) >= 11 is 0. The Labute approximate surface area is 67.0 Å². The Hall–Kier alpha value is -0.280. The molecule has 0 saturated carbocycles. The highest BCUT2D eigenvalue weighted by Gasteiger charge is 2.12. The predicted octanol–water partition coefficient (Wildman–Crippen LogP) is 0.868. The summed E-state index contributed by atoms with van der Waals surface area (Å²) in [4.78, 5) is 10.2. The summed E-state index contributed by atoms with van der Waals surface area (Å²) in [5.41, 5.74) is 5.18. The second-order valence-corrected chi connectivity index (χ2v) is 2.06. The van der Waals surface area contributed by atoms with Gasteiger partial charge in [-0.05, 0) is 6.42 Å². The van der Waals surface area contributed by atoms with Crippen molar-refractivity contribution in [1.29, 1.82) is 0 Å². The number of carboxylic acids is 1. The number of halogens is 1. The number of nitrogens with two attached hydrogens (primary N) is 1. The van der Waals surface area contributed by atoms with Gasteiger partial charge in [-0.25, -0.2) is 0 Å². The Balaban J connectivity index is 0. The number of carbonyl (C=O) groups is 1. The molecular weight excluding hydrogens is 154 g/mol. The topological polar surface area (TPSA) is 63.3 Å². The Kier molecular flexibility index (Phi) is 8.48. The van der Waals surface area contributed by atoms with Crippen molar-refractivity contribution >= 4 is 18.4 Å². The Morgan fingerprint density at radius 1 is 1.70 bits per heavy atom. The largest absolute Gasteiger partial charge is 0.481 e. The van der Waals surface area contributed by atoms with Crippen molar-refractivity contribution in [1.82, 2.24) is 0 Å². The van der Waals surface area contributed by atoms with Crippen LogP contribution in [0.25, 0.3) is 0 Å². The zero-order chi connectivity index (χ0) is 7.28. The average Bonchev–Trinajstić information content (AvgIpc) is 1.82. The molecule has 0 heterocycles. The fourth-order valence-electron chi connectivity index (χ4n) is 0.691. The zero-order valence-electron chi connectivity index (χ0n) is 6.04. The predicted molar refractivity (Wildman–Crippen MR) is 42.3 cm³/mol. The van der Waals surface area contributed by atoms with Gasteiger partial charge in [-0.3, -0.25) is 4.79 Å². The highest BCUT2D eigenvalue weighted by atomic mass is 35.5. The first kappa shape index (κ1) is 12.4. The van der Waals surface area contributed by atoms with E-state index in [4.69, 9.17) is 10.8 Å². The van der Waals surface area contributed by atoms with Gasteiger partial charge in [0.15, 0.2) is 0 Å². The second kappa shape index (κ2) is 6.83. The molecule has 0 aromatic heterocycles. The molecule has 0 fully saturated rings. The van der Waals surface area contributed by atoms with Crippen molar-refractivity contribution in [3.63, 3.8) is 0 Å². The van der Waals surface area contributed by atoms with Crippen LogP contribution in [0.5, 0.6) is 0 Å². The van der Waals surface area contributed by atoms with E-state index in [1.54, 1.807) is 0 Å². The third-order valence-corrected chi connectivity index (χ3v) is 1.27. The molecule has 0 amide bonds. The standard InChI is InChI=1S/C6H13NO2.ClH/c1-2-3-5(4-7)6(8)9;/h5H,2-4,7H2,1H3,(H,8,9);1H/t5-;/m0./s1. The molecule has 1 atom stereocenters. The number of rotatable bonds is 4. The normalized spacial score (nSPS) is 11.8. The first-order valence-corrected chi connectivity index (χ1v) is 3.15. The van der Waals surface area contributed by atoms with E-state index in [2.05, 4.69) is 0 Å². The maximum Gasteiger partial charge on any atom is 0.307 e. The van der Waals surface area contributed by atoms with E-state index in [0.717, 1.165) is 6.42 Å². The molecule has 0 aromatic carbocycles. The van der Waals surface area contributed by atoms with Crippen molar-refractivity contribution in [3.8, 4) is 0 Å². The maximum absolute atomic E-state index is 10.2. The number of carboxylic acid groups (broad SMARTS) is 1. The van der Waals surface area contributed by atoms with Gasteiger partial charge in [-0.2, -0.15) is 0 Å². The highest BCUT2D eigenvalue weighted by Crippen LogP contribution is 2.03. The summed E-state index contributed by atoms with van der Waals surface area (Å²) in [5.74, 6) is -1.12. The van der Waals surface area contributed by atoms with Gasteiger partial charge in [-0.15, -0.1) is 12.4 Å². The van der Waals surface area contributed by atoms with E-state index in [0.29, 0.717) is 6.42 Å². The molecule has 0 saturated heterocycles. The molecule has 0 aliphatic rings. The molecule has 0 radical (unpaired) electrons. The Morgan fingerprint density at radius 3 is 2.30 bits per heavy atom. The number of hydrogen-bond donors (Lipinski definition) is 2. The van der Waals surface area contributed by atoms with Crippen molar-refractivity contribution in [2.24, 2.45) is 11.7 Å². The summed E-state index contributed by atoms with van der Waals surface area (Å²) < 4.78 is 0. The molecule has 3 nitrogen and oxygen atoms in total. The van der Waals surface area contributed by atoms with Crippen LogP contribution in [-0.2, 0) is 4.79 Å². The minimum absolute atomic E-state index is 0. The number of hydrogen-bond acceptors (Lipinski definition) is 2. The van der Waals surface area contributed by atoms with Gasteiger partial charge in [-0.1, -0.05) is 13.3 Å². The minimum atomic E-state index is -0.778. The van der Waals surface area contributed by atoms with Crippen molar-refractivity contribution in [3.05, 3.63) is 0 Å². The highest BCUT2D eigenvalue weighted by molar-refractivity contribution is 5.85. The smallest absolute Gasteiger partial charge is 0.307 e. The molecule has 0 aliphatic carbocycles. The Morgan fingerprint density at radius 2 is 2.20 bits per heavy atom. The molecule has 3 N–H and O–H groups in total. The summed E-state index contributed by atoms with van der Waals surface area (Å²) in [6.45, 7) is 2.20. The van der Waals surface area contributed by atoms with Gasteiger partial charge in [0.05, 0.1) is 5.92 Å². The van der Waals surface area contributed by atoms with Crippen LogP contribution < -0.4 is 5.73 Å². The molecule has 10 heavy (non-hydrogen) atoms. The lowest BCUT2D eigenvalue weighted by Gasteiger charge is -2.05. The van der Waals surface area contributed by atoms with Crippen molar-refractivity contribution < 1.29 is 9.90 Å². The van der Waals surface area contributed by atoms with Crippen LogP contribution in [0, 0.1) is 5.92 Å². The Bertz CT molecular complexity index is 97.7. The number of aliphatic carboxylic acids is 1. The first-order chi connectivity index (χ1) is 4.22. The van der Waals surface area contributed by atoms with E-state index in [1.807, 2.05) is 6.92 Å². The lowest BCUT2D eigenvalue weighted by Crippen LogP contribution is -2.22. The summed E-state index contributed by atoms with van der Waals surface area (Å²) in [6.07, 6.45) is 1.57. The van der Waals surface area contributed by atoms with Crippen molar-refractivity contribution in [2.75, 3.05) is 6.54 Å². The third kappa shape index (κ3) is 4.58. The van der Waals surface area contributed by atoms with E-state index in [-0.39, 0.29) is 24.9 Å². The molecule has 0 spiro atoms. The van der Waals surface area contributed by atoms with Gasteiger partial charge in [0.1, 0.15) is 0 Å². The van der Waals surface area contributed by atoms with E-state index >= 15 is 0 Å². The van der Waals surface area contributed by atoms with Crippen LogP contribution >= 0.6 is 12.4 Å². The quantitative estimate of drug-likeness (QED) is 0.653. The van der Waals surface area contributed by atoms with Crippen molar-refractivity contribution in [2.45, 2.75) is 19.8 Å². The SMILES string of the molecule is CCC[C@@H](CN)C(=O)O.Cl. The molecule has 4 heteroatoms. The van der Waals surface area contributed by atoms with Crippen LogP contribution in [0.3, 0.4) is 0 Å². The lowest BCUT2D eigenvalue weighted by molar-refractivity contribution is -0.141. The van der Waals surface area contributed by atoms with E-state index < -0.39 is 5.97 Å². The van der Waals surface area contributed by atoms with E-state index in [9.17, 15) is 4.79 Å². The van der Waals surface area contributed by atoms with Crippen LogP contribution in [0.1, 0.15) is 19.8 Å². The van der Waals surface area contributed by atoms with Crippen LogP contribution in [0.2, 0.25) is 0 Å². The van der Waals surface area contributed by atoms with Gasteiger partial charge in [0, 0.05) is 6.54 Å². The second-order valence-electron chi connectivity index (χ2n) is 2.06. The zero-order valence-corrected chi connectivity index (χ0v) is 6.86. The summed E-state index contributed by atoms with van der Waals surface area (Å²) in [7, 11) is 0. The van der Waals surface area contributed by atoms with Gasteiger partial charge >= 0.3 is 5.97 Å². The van der Waals surface area contributed by atoms with Crippen LogP contribution in [0.15, 0.2) is 0 Å². The van der Waals surface area contributed by atoms with Crippen LogP contribution in [-0.4, -0.2) is 17.6 Å². The molecular formula is C6H14ClNO2. The van der Waals surface area contributed by atoms with Gasteiger partial charge < -0.3 is 10.8 Å². The van der Waals surface area contributed by atoms with Gasteiger partial charge in [0.2, 0.25) is 0 Å². The molecule has 0 rings (SSSR count). The fourth-order valence-corrected chi connectivity index (χ4v) is 0.691. The average molecular weight is 168 g/mol. The summed E-state index contributed by atoms with van der Waals surface area (Å²) in [6, 6.07) is 0. The maximum atomic E-state index is 10.2. The monoisotopic (exact) mass is 167 g/mol. The third-order valence-electron chi connectivity index (χ3n) is 1.27. The molecule has 0 unspecified atom stereocenters. The fraction of sp³-hybridized carbons (Fsp3) is 0.833. The minimum Gasteiger partial charge on any atom is -0.481 e. The van der Waals surface area contributed by atoms with E-state index in [1.165, 1.54) is 0 Å². The lowest BCUT2D eigenvalue weighted by atomic mass is 10.1. The first-order valence-electron chi connectivity index (χ1n) is 3.15. The molecule has 62 valence electrons. The summed E-state index contributed by atoms with van der Waals surface area (Å²) in [5, 5.41) is 8.42.